The summed E-state index contributed by atoms with van der Waals surface area (Å²) >= 11 is 0. The highest BCUT2D eigenvalue weighted by Crippen LogP contribution is 2.17. The molecule has 1 atom stereocenters. The number of furan rings is 1. The highest BCUT2D eigenvalue weighted by Gasteiger charge is 2.15. The van der Waals surface area contributed by atoms with Crippen LogP contribution >= 0.6 is 0 Å². The van der Waals surface area contributed by atoms with Crippen LogP contribution in [0, 0.1) is 0 Å². The molecule has 0 radical (unpaired) electrons. The Morgan fingerprint density at radius 1 is 1.14 bits per heavy atom. The molecule has 1 unspecified atom stereocenters. The Morgan fingerprint density at radius 3 is 2.55 bits per heavy atom. The van der Waals surface area contributed by atoms with Gasteiger partial charge in [0.15, 0.2) is 5.76 Å². The van der Waals surface area contributed by atoms with Crippen molar-refractivity contribution in [2.45, 2.75) is 25.8 Å². The van der Waals surface area contributed by atoms with Crippen molar-refractivity contribution in [2.24, 2.45) is 0 Å². The van der Waals surface area contributed by atoms with E-state index in [1.54, 1.807) is 12.1 Å². The van der Waals surface area contributed by atoms with E-state index in [4.69, 9.17) is 4.42 Å². The summed E-state index contributed by atoms with van der Waals surface area (Å²) < 4.78 is 4.97. The minimum absolute atomic E-state index is 0.0424. The predicted molar refractivity (Wildman–Crippen MR) is 83.3 cm³/mol. The Bertz CT molecular complexity index is 594. The van der Waals surface area contributed by atoms with E-state index in [-0.39, 0.29) is 24.3 Å². The van der Waals surface area contributed by atoms with E-state index in [1.807, 2.05) is 30.3 Å². The molecule has 5 nitrogen and oxygen atoms in total. The molecule has 22 heavy (non-hydrogen) atoms. The molecule has 1 heterocycles. The van der Waals surface area contributed by atoms with Gasteiger partial charge in [-0.25, -0.2) is 0 Å². The first-order valence-corrected chi connectivity index (χ1v) is 7.36. The van der Waals surface area contributed by atoms with Gasteiger partial charge in [0.05, 0.1) is 18.8 Å². The Kier molecular flexibility index (Phi) is 5.77. The van der Waals surface area contributed by atoms with Crippen molar-refractivity contribution in [2.75, 3.05) is 6.54 Å². The first-order chi connectivity index (χ1) is 10.7. The van der Waals surface area contributed by atoms with Gasteiger partial charge in [-0.1, -0.05) is 43.7 Å². The molecule has 2 N–H and O–H groups in total. The van der Waals surface area contributed by atoms with Crippen molar-refractivity contribution in [3.8, 4) is 0 Å². The molecule has 0 aliphatic carbocycles. The van der Waals surface area contributed by atoms with Crippen LogP contribution in [0.1, 0.15) is 41.9 Å². The summed E-state index contributed by atoms with van der Waals surface area (Å²) in [7, 11) is 0. The summed E-state index contributed by atoms with van der Waals surface area (Å²) in [5, 5.41) is 5.49. The summed E-state index contributed by atoms with van der Waals surface area (Å²) in [6.07, 6.45) is 3.22. The molecule has 0 bridgehead atoms. The first kappa shape index (κ1) is 15.8. The van der Waals surface area contributed by atoms with Gasteiger partial charge in [-0.3, -0.25) is 9.59 Å². The summed E-state index contributed by atoms with van der Waals surface area (Å²) in [6.45, 7) is 1.99. The SMILES string of the molecule is CCCC(NC(=O)CNC(=O)c1ccco1)c1ccccc1. The fraction of sp³-hybridized carbons (Fsp3) is 0.294. The second-order valence-corrected chi connectivity index (χ2v) is 4.98. The normalized spacial score (nSPS) is 11.7. The first-order valence-electron chi connectivity index (χ1n) is 7.36. The third-order valence-corrected chi connectivity index (χ3v) is 3.27. The molecule has 116 valence electrons. The lowest BCUT2D eigenvalue weighted by Gasteiger charge is -2.18. The molecule has 2 rings (SSSR count). The van der Waals surface area contributed by atoms with E-state index in [0.717, 1.165) is 18.4 Å². The zero-order valence-electron chi connectivity index (χ0n) is 12.5. The maximum absolute atomic E-state index is 12.0. The van der Waals surface area contributed by atoms with Crippen LogP contribution in [-0.2, 0) is 4.79 Å². The van der Waals surface area contributed by atoms with Crippen molar-refractivity contribution in [1.82, 2.24) is 10.6 Å². The standard InChI is InChI=1S/C17H20N2O3/c1-2-7-14(13-8-4-3-5-9-13)19-16(20)12-18-17(21)15-10-6-11-22-15/h3-6,8-11,14H,2,7,12H2,1H3,(H,18,21)(H,19,20). The number of carbonyl (C=O) groups is 2. The molecule has 2 amide bonds. The summed E-state index contributed by atoms with van der Waals surface area (Å²) in [6, 6.07) is 13.0. The third kappa shape index (κ3) is 4.48. The highest BCUT2D eigenvalue weighted by molar-refractivity contribution is 5.94. The lowest BCUT2D eigenvalue weighted by Crippen LogP contribution is -2.38. The maximum Gasteiger partial charge on any atom is 0.287 e. The zero-order chi connectivity index (χ0) is 15.8. The van der Waals surface area contributed by atoms with Crippen LogP contribution in [0.5, 0.6) is 0 Å². The number of benzene rings is 1. The third-order valence-electron chi connectivity index (χ3n) is 3.27. The van der Waals surface area contributed by atoms with Gasteiger partial charge in [0.1, 0.15) is 0 Å². The zero-order valence-corrected chi connectivity index (χ0v) is 12.5. The van der Waals surface area contributed by atoms with Gasteiger partial charge in [-0.05, 0) is 24.1 Å². The lowest BCUT2D eigenvalue weighted by atomic mass is 10.0. The number of hydrogen-bond acceptors (Lipinski definition) is 3. The number of carbonyl (C=O) groups excluding carboxylic acids is 2. The molecule has 0 aliphatic heterocycles. The van der Waals surface area contributed by atoms with Crippen molar-refractivity contribution >= 4 is 11.8 Å². The van der Waals surface area contributed by atoms with Gasteiger partial charge >= 0.3 is 0 Å². The number of rotatable bonds is 7. The van der Waals surface area contributed by atoms with Crippen LogP contribution in [0.2, 0.25) is 0 Å². The van der Waals surface area contributed by atoms with Crippen molar-refractivity contribution in [3.05, 3.63) is 60.1 Å². The van der Waals surface area contributed by atoms with E-state index < -0.39 is 5.91 Å². The maximum atomic E-state index is 12.0. The van der Waals surface area contributed by atoms with Crippen LogP contribution in [0.4, 0.5) is 0 Å². The van der Waals surface area contributed by atoms with Crippen LogP contribution in [0.15, 0.2) is 53.1 Å². The van der Waals surface area contributed by atoms with Gasteiger partial charge in [-0.15, -0.1) is 0 Å². The van der Waals surface area contributed by atoms with E-state index in [9.17, 15) is 9.59 Å². The Morgan fingerprint density at radius 2 is 1.91 bits per heavy atom. The number of amides is 2. The molecular weight excluding hydrogens is 280 g/mol. The van der Waals surface area contributed by atoms with Crippen molar-refractivity contribution in [3.63, 3.8) is 0 Å². The lowest BCUT2D eigenvalue weighted by molar-refractivity contribution is -0.120. The van der Waals surface area contributed by atoms with E-state index >= 15 is 0 Å². The molecule has 0 saturated heterocycles. The quantitative estimate of drug-likeness (QED) is 0.826. The largest absolute Gasteiger partial charge is 0.459 e. The second-order valence-electron chi connectivity index (χ2n) is 4.98. The van der Waals surface area contributed by atoms with E-state index in [0.29, 0.717) is 0 Å². The molecule has 0 fully saturated rings. The van der Waals surface area contributed by atoms with Crippen molar-refractivity contribution in [1.29, 1.82) is 0 Å². The van der Waals surface area contributed by atoms with Crippen LogP contribution in [0.25, 0.3) is 0 Å². The minimum atomic E-state index is -0.396. The molecule has 1 aromatic carbocycles. The van der Waals surface area contributed by atoms with Crippen LogP contribution in [0.3, 0.4) is 0 Å². The molecule has 5 heteroatoms. The molecule has 0 saturated carbocycles. The van der Waals surface area contributed by atoms with Crippen LogP contribution < -0.4 is 10.6 Å². The fourth-order valence-electron chi connectivity index (χ4n) is 2.20. The van der Waals surface area contributed by atoms with Gasteiger partial charge in [0.2, 0.25) is 5.91 Å². The summed E-state index contributed by atoms with van der Waals surface area (Å²) in [4.78, 5) is 23.7. The number of nitrogens with one attached hydrogen (secondary N) is 2. The Labute approximate surface area is 129 Å². The molecule has 0 spiro atoms. The Hall–Kier alpha value is -2.56. The van der Waals surface area contributed by atoms with E-state index in [1.165, 1.54) is 6.26 Å². The minimum Gasteiger partial charge on any atom is -0.459 e. The number of hydrogen-bond donors (Lipinski definition) is 2. The average molecular weight is 300 g/mol. The molecular formula is C17H20N2O3. The van der Waals surface area contributed by atoms with Gasteiger partial charge < -0.3 is 15.1 Å². The smallest absolute Gasteiger partial charge is 0.287 e. The summed E-state index contributed by atoms with van der Waals surface area (Å²) in [5.74, 6) is -0.421. The monoisotopic (exact) mass is 300 g/mol. The van der Waals surface area contributed by atoms with Gasteiger partial charge in [-0.2, -0.15) is 0 Å². The van der Waals surface area contributed by atoms with Crippen LogP contribution in [-0.4, -0.2) is 18.4 Å². The van der Waals surface area contributed by atoms with E-state index in [2.05, 4.69) is 17.6 Å². The predicted octanol–water partition coefficient (Wildman–Crippen LogP) is 2.67. The summed E-state index contributed by atoms with van der Waals surface area (Å²) in [5.41, 5.74) is 1.06. The average Bonchev–Trinajstić information content (AvgIpc) is 3.07. The topological polar surface area (TPSA) is 71.3 Å². The fourth-order valence-corrected chi connectivity index (χ4v) is 2.20. The van der Waals surface area contributed by atoms with Gasteiger partial charge in [0, 0.05) is 0 Å². The molecule has 0 aliphatic rings. The molecule has 2 aromatic rings. The Balaban J connectivity index is 1.87. The van der Waals surface area contributed by atoms with Crippen molar-refractivity contribution < 1.29 is 14.0 Å². The highest BCUT2D eigenvalue weighted by atomic mass is 16.3. The van der Waals surface area contributed by atoms with Gasteiger partial charge in [0.25, 0.3) is 5.91 Å². The second kappa shape index (κ2) is 8.02. The molecule has 1 aromatic heterocycles.